The molecule has 1 atom stereocenters. The van der Waals surface area contributed by atoms with Gasteiger partial charge in [0.25, 0.3) is 0 Å². The van der Waals surface area contributed by atoms with Crippen LogP contribution in [0.15, 0.2) is 30.3 Å². The molecule has 1 amide bonds. The van der Waals surface area contributed by atoms with Crippen molar-refractivity contribution in [3.63, 3.8) is 0 Å². The van der Waals surface area contributed by atoms with E-state index in [2.05, 4.69) is 34.9 Å². The number of amides is 1. The lowest BCUT2D eigenvalue weighted by molar-refractivity contribution is -0.128. The molecule has 1 aliphatic heterocycles. The summed E-state index contributed by atoms with van der Waals surface area (Å²) in [5.41, 5.74) is 1.17. The molecule has 0 spiro atoms. The fourth-order valence-corrected chi connectivity index (χ4v) is 3.19. The van der Waals surface area contributed by atoms with Crippen LogP contribution in [-0.2, 0) is 10.3 Å². The standard InChI is InChI=1S/C16H22N2O.ClH/c19-15(13-6-4-11-17-12-13)18-16(9-5-10-16)14-7-2-1-3-8-14;/h1-3,7-8,13,17H,4-6,9-12H2,(H,18,19);1H. The van der Waals surface area contributed by atoms with Crippen molar-refractivity contribution in [2.24, 2.45) is 5.92 Å². The van der Waals surface area contributed by atoms with Gasteiger partial charge in [0.2, 0.25) is 5.91 Å². The number of hydrogen-bond acceptors (Lipinski definition) is 2. The Labute approximate surface area is 126 Å². The summed E-state index contributed by atoms with van der Waals surface area (Å²) in [5.74, 6) is 0.380. The predicted octanol–water partition coefficient (Wildman–Crippen LogP) is 2.60. The van der Waals surface area contributed by atoms with Crippen molar-refractivity contribution < 1.29 is 4.79 Å². The maximum absolute atomic E-state index is 12.4. The normalized spacial score (nSPS) is 24.1. The van der Waals surface area contributed by atoms with Crippen LogP contribution < -0.4 is 10.6 Å². The molecule has 4 heteroatoms. The number of rotatable bonds is 3. The van der Waals surface area contributed by atoms with Crippen LogP contribution in [0.1, 0.15) is 37.7 Å². The molecule has 1 aromatic rings. The largest absolute Gasteiger partial charge is 0.346 e. The van der Waals surface area contributed by atoms with Crippen LogP contribution in [0.25, 0.3) is 0 Å². The molecule has 2 fully saturated rings. The Morgan fingerprint density at radius 2 is 1.95 bits per heavy atom. The van der Waals surface area contributed by atoms with Gasteiger partial charge in [0.05, 0.1) is 11.5 Å². The van der Waals surface area contributed by atoms with Gasteiger partial charge < -0.3 is 10.6 Å². The Bertz CT molecular complexity index is 439. The zero-order valence-corrected chi connectivity index (χ0v) is 12.5. The molecule has 2 aliphatic rings. The summed E-state index contributed by atoms with van der Waals surface area (Å²) in [6.07, 6.45) is 5.48. The third-order valence-electron chi connectivity index (χ3n) is 4.56. The lowest BCUT2D eigenvalue weighted by Crippen LogP contribution is -2.54. The number of nitrogens with one attached hydrogen (secondary N) is 2. The molecule has 2 N–H and O–H groups in total. The second kappa shape index (κ2) is 6.59. The topological polar surface area (TPSA) is 41.1 Å². The summed E-state index contributed by atoms with van der Waals surface area (Å²) in [7, 11) is 0. The van der Waals surface area contributed by atoms with Crippen LogP contribution >= 0.6 is 12.4 Å². The average Bonchev–Trinajstić information content (AvgIpc) is 2.44. The van der Waals surface area contributed by atoms with E-state index >= 15 is 0 Å². The first-order valence-corrected chi connectivity index (χ1v) is 7.38. The van der Waals surface area contributed by atoms with Crippen LogP contribution in [0.5, 0.6) is 0 Å². The predicted molar refractivity (Wildman–Crippen MR) is 83.0 cm³/mol. The van der Waals surface area contributed by atoms with E-state index in [-0.39, 0.29) is 29.8 Å². The number of carbonyl (C=O) groups is 1. The van der Waals surface area contributed by atoms with Crippen LogP contribution in [0.4, 0.5) is 0 Å². The maximum atomic E-state index is 12.4. The number of carbonyl (C=O) groups excluding carboxylic acids is 1. The number of hydrogen-bond donors (Lipinski definition) is 2. The van der Waals surface area contributed by atoms with Gasteiger partial charge in [-0.05, 0) is 44.2 Å². The van der Waals surface area contributed by atoms with E-state index in [0.717, 1.165) is 38.8 Å². The molecule has 110 valence electrons. The van der Waals surface area contributed by atoms with E-state index < -0.39 is 0 Å². The van der Waals surface area contributed by atoms with E-state index in [1.807, 2.05) is 6.07 Å². The van der Waals surface area contributed by atoms with Crippen molar-refractivity contribution >= 4 is 18.3 Å². The molecular weight excluding hydrogens is 272 g/mol. The smallest absolute Gasteiger partial charge is 0.225 e. The molecule has 3 rings (SSSR count). The Morgan fingerprint density at radius 3 is 2.50 bits per heavy atom. The molecule has 0 bridgehead atoms. The van der Waals surface area contributed by atoms with Crippen LogP contribution in [-0.4, -0.2) is 19.0 Å². The Kier molecular flexibility index (Phi) is 5.06. The summed E-state index contributed by atoms with van der Waals surface area (Å²) in [6, 6.07) is 10.4. The van der Waals surface area contributed by atoms with Crippen molar-refractivity contribution in [2.45, 2.75) is 37.6 Å². The SMILES string of the molecule is Cl.O=C(NC1(c2ccccc2)CCC1)C1CCCNC1. The van der Waals surface area contributed by atoms with Gasteiger partial charge in [0.1, 0.15) is 0 Å². The molecule has 0 aromatic heterocycles. The molecule has 0 radical (unpaired) electrons. The molecule has 1 aromatic carbocycles. The van der Waals surface area contributed by atoms with Gasteiger partial charge in [0, 0.05) is 6.54 Å². The van der Waals surface area contributed by atoms with Crippen LogP contribution in [0, 0.1) is 5.92 Å². The van der Waals surface area contributed by atoms with Gasteiger partial charge in [0.15, 0.2) is 0 Å². The molecule has 1 aliphatic carbocycles. The highest BCUT2D eigenvalue weighted by molar-refractivity contribution is 5.85. The highest BCUT2D eigenvalue weighted by atomic mass is 35.5. The Morgan fingerprint density at radius 1 is 1.20 bits per heavy atom. The van der Waals surface area contributed by atoms with Gasteiger partial charge in [-0.25, -0.2) is 0 Å². The highest BCUT2D eigenvalue weighted by Crippen LogP contribution is 2.41. The first-order valence-electron chi connectivity index (χ1n) is 7.38. The van der Waals surface area contributed by atoms with Crippen LogP contribution in [0.3, 0.4) is 0 Å². The van der Waals surface area contributed by atoms with E-state index in [4.69, 9.17) is 0 Å². The number of halogens is 1. The van der Waals surface area contributed by atoms with Crippen molar-refractivity contribution in [2.75, 3.05) is 13.1 Å². The fraction of sp³-hybridized carbons (Fsp3) is 0.562. The third kappa shape index (κ3) is 2.99. The van der Waals surface area contributed by atoms with E-state index in [1.54, 1.807) is 0 Å². The van der Waals surface area contributed by atoms with Gasteiger partial charge in [-0.2, -0.15) is 0 Å². The quantitative estimate of drug-likeness (QED) is 0.900. The molecule has 20 heavy (non-hydrogen) atoms. The average molecular weight is 295 g/mol. The lowest BCUT2D eigenvalue weighted by atomic mass is 9.71. The van der Waals surface area contributed by atoms with Crippen molar-refractivity contribution in [3.05, 3.63) is 35.9 Å². The zero-order chi connectivity index (χ0) is 13.1. The second-order valence-electron chi connectivity index (χ2n) is 5.83. The van der Waals surface area contributed by atoms with E-state index in [9.17, 15) is 4.79 Å². The van der Waals surface area contributed by atoms with Crippen molar-refractivity contribution in [1.82, 2.24) is 10.6 Å². The number of piperidine rings is 1. The maximum Gasteiger partial charge on any atom is 0.225 e. The van der Waals surface area contributed by atoms with Gasteiger partial charge in [-0.1, -0.05) is 30.3 Å². The fourth-order valence-electron chi connectivity index (χ4n) is 3.19. The van der Waals surface area contributed by atoms with Crippen molar-refractivity contribution in [3.8, 4) is 0 Å². The molecule has 1 heterocycles. The molecule has 1 saturated carbocycles. The van der Waals surface area contributed by atoms with E-state index in [1.165, 1.54) is 12.0 Å². The van der Waals surface area contributed by atoms with Gasteiger partial charge >= 0.3 is 0 Å². The third-order valence-corrected chi connectivity index (χ3v) is 4.56. The van der Waals surface area contributed by atoms with Crippen LogP contribution in [0.2, 0.25) is 0 Å². The first-order chi connectivity index (χ1) is 9.30. The zero-order valence-electron chi connectivity index (χ0n) is 11.7. The minimum Gasteiger partial charge on any atom is -0.346 e. The summed E-state index contributed by atoms with van der Waals surface area (Å²) in [5, 5.41) is 6.65. The minimum atomic E-state index is -0.0875. The summed E-state index contributed by atoms with van der Waals surface area (Å²) in [4.78, 5) is 12.4. The lowest BCUT2D eigenvalue weighted by Gasteiger charge is -2.44. The highest BCUT2D eigenvalue weighted by Gasteiger charge is 2.41. The number of benzene rings is 1. The molecule has 1 unspecified atom stereocenters. The second-order valence-corrected chi connectivity index (χ2v) is 5.83. The summed E-state index contributed by atoms with van der Waals surface area (Å²) < 4.78 is 0. The van der Waals surface area contributed by atoms with Crippen molar-refractivity contribution in [1.29, 1.82) is 0 Å². The first kappa shape index (κ1) is 15.3. The Hall–Kier alpha value is -1.06. The molecular formula is C16H23ClN2O. The molecule has 3 nitrogen and oxygen atoms in total. The Balaban J connectivity index is 0.00000147. The molecule has 1 saturated heterocycles. The van der Waals surface area contributed by atoms with E-state index in [0.29, 0.717) is 0 Å². The minimum absolute atomic E-state index is 0. The summed E-state index contributed by atoms with van der Waals surface area (Å²) >= 11 is 0. The monoisotopic (exact) mass is 294 g/mol. The summed E-state index contributed by atoms with van der Waals surface area (Å²) in [6.45, 7) is 1.88. The van der Waals surface area contributed by atoms with Gasteiger partial charge in [-0.3, -0.25) is 4.79 Å². The van der Waals surface area contributed by atoms with Gasteiger partial charge in [-0.15, -0.1) is 12.4 Å².